The Kier molecular flexibility index (Phi) is 2.36. The third-order valence-electron chi connectivity index (χ3n) is 0.924. The largest absolute Gasteiger partial charge is 0.459 e. The fourth-order valence-corrected chi connectivity index (χ4v) is 1.26. The van der Waals surface area contributed by atoms with Gasteiger partial charge in [0.25, 0.3) is 0 Å². The van der Waals surface area contributed by atoms with E-state index < -0.39 is 0 Å². The molecule has 1 heterocycles. The van der Waals surface area contributed by atoms with Crippen molar-refractivity contribution in [3.63, 3.8) is 0 Å². The molecular formula is C5H8O3S. The molecule has 1 atom stereocenters. The van der Waals surface area contributed by atoms with Crippen LogP contribution in [0, 0.1) is 0 Å². The van der Waals surface area contributed by atoms with Crippen molar-refractivity contribution in [3.05, 3.63) is 0 Å². The van der Waals surface area contributed by atoms with Crippen LogP contribution in [0.15, 0.2) is 0 Å². The molecule has 0 bridgehead atoms. The van der Waals surface area contributed by atoms with Crippen molar-refractivity contribution in [2.24, 2.45) is 0 Å². The van der Waals surface area contributed by atoms with Crippen LogP contribution < -0.4 is 0 Å². The Morgan fingerprint density at radius 3 is 3.11 bits per heavy atom. The summed E-state index contributed by atoms with van der Waals surface area (Å²) in [6.45, 7) is 1.94. The summed E-state index contributed by atoms with van der Waals surface area (Å²) in [5.74, 6) is 0.533. The molecule has 0 spiro atoms. The Balaban J connectivity index is 2.19. The summed E-state index contributed by atoms with van der Waals surface area (Å²) >= 11 is 1.35. The Labute approximate surface area is 57.9 Å². The summed E-state index contributed by atoms with van der Waals surface area (Å²) in [5.41, 5.74) is 0. The third kappa shape index (κ3) is 2.24. The molecule has 9 heavy (non-hydrogen) atoms. The lowest BCUT2D eigenvalue weighted by Crippen LogP contribution is -2.18. The smallest absolute Gasteiger partial charge is 0.303 e. The second-order valence-electron chi connectivity index (χ2n) is 1.80. The van der Waals surface area contributed by atoms with E-state index in [0.29, 0.717) is 6.61 Å². The van der Waals surface area contributed by atoms with Gasteiger partial charge in [0.2, 0.25) is 0 Å². The summed E-state index contributed by atoms with van der Waals surface area (Å²) in [6.07, 6.45) is -0.0208. The zero-order valence-electron chi connectivity index (χ0n) is 5.12. The molecule has 1 saturated heterocycles. The highest BCUT2D eigenvalue weighted by Gasteiger charge is 2.18. The number of esters is 1. The Morgan fingerprint density at radius 2 is 2.67 bits per heavy atom. The van der Waals surface area contributed by atoms with Crippen LogP contribution in [-0.4, -0.2) is 24.4 Å². The van der Waals surface area contributed by atoms with Crippen molar-refractivity contribution in [2.75, 3.05) is 12.4 Å². The molecule has 0 N–H and O–H groups in total. The van der Waals surface area contributed by atoms with Gasteiger partial charge in [0, 0.05) is 6.92 Å². The molecule has 1 rings (SSSR count). The van der Waals surface area contributed by atoms with Crippen molar-refractivity contribution < 1.29 is 13.7 Å². The van der Waals surface area contributed by atoms with Crippen molar-refractivity contribution >= 4 is 18.0 Å². The maximum atomic E-state index is 10.3. The van der Waals surface area contributed by atoms with Gasteiger partial charge in [-0.15, -0.1) is 0 Å². The molecule has 0 aromatic rings. The molecule has 0 amide bonds. The van der Waals surface area contributed by atoms with Crippen LogP contribution in [-0.2, 0) is 13.7 Å². The van der Waals surface area contributed by atoms with E-state index >= 15 is 0 Å². The van der Waals surface area contributed by atoms with Crippen molar-refractivity contribution in [2.45, 2.75) is 13.0 Å². The molecule has 1 unspecified atom stereocenters. The molecule has 3 nitrogen and oxygen atoms in total. The minimum atomic E-state index is -0.230. The monoisotopic (exact) mass is 148 g/mol. The van der Waals surface area contributed by atoms with Gasteiger partial charge in [-0.05, 0) is 12.0 Å². The number of carbonyl (C=O) groups excluding carboxylic acids is 1. The number of rotatable bonds is 1. The second-order valence-corrected chi connectivity index (χ2v) is 2.61. The van der Waals surface area contributed by atoms with E-state index in [1.807, 2.05) is 0 Å². The lowest BCUT2D eigenvalue weighted by atomic mass is 10.4. The molecule has 1 aliphatic heterocycles. The molecule has 0 radical (unpaired) electrons. The number of hydrogen-bond acceptors (Lipinski definition) is 4. The van der Waals surface area contributed by atoms with E-state index in [-0.39, 0.29) is 12.1 Å². The van der Waals surface area contributed by atoms with Gasteiger partial charge in [0.15, 0.2) is 0 Å². The topological polar surface area (TPSA) is 35.5 Å². The van der Waals surface area contributed by atoms with Crippen LogP contribution in [0.2, 0.25) is 0 Å². The van der Waals surface area contributed by atoms with Gasteiger partial charge in [-0.25, -0.2) is 0 Å². The van der Waals surface area contributed by atoms with Gasteiger partial charge in [-0.3, -0.25) is 4.79 Å². The number of carbonyl (C=O) groups is 1. The van der Waals surface area contributed by atoms with Gasteiger partial charge in [0.05, 0.1) is 12.4 Å². The number of ether oxygens (including phenoxy) is 1. The van der Waals surface area contributed by atoms with Gasteiger partial charge in [-0.1, -0.05) is 0 Å². The van der Waals surface area contributed by atoms with Gasteiger partial charge >= 0.3 is 5.97 Å². The molecule has 0 aromatic heterocycles. The van der Waals surface area contributed by atoms with E-state index in [0.717, 1.165) is 5.75 Å². The quantitative estimate of drug-likeness (QED) is 0.403. The van der Waals surface area contributed by atoms with E-state index in [1.165, 1.54) is 19.0 Å². The minimum absolute atomic E-state index is 0.0208. The summed E-state index contributed by atoms with van der Waals surface area (Å²) in [6, 6.07) is 0. The summed E-state index contributed by atoms with van der Waals surface area (Å²) < 4.78 is 9.72. The lowest BCUT2D eigenvalue weighted by Gasteiger charge is -2.04. The zero-order chi connectivity index (χ0) is 6.69. The minimum Gasteiger partial charge on any atom is -0.459 e. The van der Waals surface area contributed by atoms with E-state index in [4.69, 9.17) is 8.92 Å². The highest BCUT2D eigenvalue weighted by Crippen LogP contribution is 2.16. The fourth-order valence-electron chi connectivity index (χ4n) is 0.599. The molecule has 0 aliphatic carbocycles. The summed E-state index contributed by atoms with van der Waals surface area (Å²) in [4.78, 5) is 10.3. The predicted octanol–water partition coefficient (Wildman–Crippen LogP) is 0.596. The molecular weight excluding hydrogens is 140 g/mol. The standard InChI is InChI=1S/C5H8O3S/c1-4(6)8-5-2-7-9-3-5/h5H,2-3H2,1H3. The normalized spacial score (nSPS) is 26.1. The molecule has 1 aliphatic rings. The predicted molar refractivity (Wildman–Crippen MR) is 34.0 cm³/mol. The zero-order valence-corrected chi connectivity index (χ0v) is 5.94. The number of hydrogen-bond donors (Lipinski definition) is 0. The van der Waals surface area contributed by atoms with Gasteiger partial charge in [0.1, 0.15) is 6.10 Å². The van der Waals surface area contributed by atoms with Gasteiger partial charge < -0.3 is 8.92 Å². The highest BCUT2D eigenvalue weighted by molar-refractivity contribution is 7.94. The van der Waals surface area contributed by atoms with E-state index in [2.05, 4.69) is 0 Å². The molecule has 1 fully saturated rings. The Bertz CT molecular complexity index is 109. The van der Waals surface area contributed by atoms with Crippen LogP contribution in [0.25, 0.3) is 0 Å². The molecule has 0 saturated carbocycles. The Morgan fingerprint density at radius 1 is 1.89 bits per heavy atom. The highest BCUT2D eigenvalue weighted by atomic mass is 32.2. The Hall–Kier alpha value is -0.220. The maximum absolute atomic E-state index is 10.3. The first-order chi connectivity index (χ1) is 4.29. The van der Waals surface area contributed by atoms with Crippen LogP contribution in [0.4, 0.5) is 0 Å². The molecule has 4 heteroatoms. The molecule has 0 aromatic carbocycles. The third-order valence-corrected chi connectivity index (χ3v) is 1.73. The van der Waals surface area contributed by atoms with Crippen LogP contribution >= 0.6 is 12.0 Å². The van der Waals surface area contributed by atoms with Crippen molar-refractivity contribution in [3.8, 4) is 0 Å². The maximum Gasteiger partial charge on any atom is 0.303 e. The average molecular weight is 148 g/mol. The molecule has 52 valence electrons. The van der Waals surface area contributed by atoms with Crippen molar-refractivity contribution in [1.82, 2.24) is 0 Å². The first-order valence-electron chi connectivity index (χ1n) is 2.70. The van der Waals surface area contributed by atoms with E-state index in [1.54, 1.807) is 0 Å². The lowest BCUT2D eigenvalue weighted by molar-refractivity contribution is -0.145. The average Bonchev–Trinajstić information content (AvgIpc) is 2.15. The van der Waals surface area contributed by atoms with Crippen LogP contribution in [0.3, 0.4) is 0 Å². The second kappa shape index (κ2) is 3.08. The first-order valence-corrected chi connectivity index (χ1v) is 3.62. The van der Waals surface area contributed by atoms with E-state index in [9.17, 15) is 4.79 Å². The SMILES string of the molecule is CC(=O)OC1COSC1. The summed E-state index contributed by atoms with van der Waals surface area (Å²) in [7, 11) is 0. The summed E-state index contributed by atoms with van der Waals surface area (Å²) in [5, 5.41) is 0. The first kappa shape index (κ1) is 6.89. The van der Waals surface area contributed by atoms with Crippen molar-refractivity contribution in [1.29, 1.82) is 0 Å². The fraction of sp³-hybridized carbons (Fsp3) is 0.800. The van der Waals surface area contributed by atoms with Crippen LogP contribution in [0.5, 0.6) is 0 Å². The van der Waals surface area contributed by atoms with Gasteiger partial charge in [-0.2, -0.15) is 0 Å². The van der Waals surface area contributed by atoms with Crippen LogP contribution in [0.1, 0.15) is 6.92 Å².